The van der Waals surface area contributed by atoms with Gasteiger partial charge in [0.05, 0.1) is 50.5 Å². The van der Waals surface area contributed by atoms with Crippen LogP contribution in [0.5, 0.6) is 5.75 Å². The molecule has 2 amide bonds. The molecule has 4 aliphatic rings. The molecular formula is C59H45Cl2N4O12+. The standard InChI is InChI=1S/C58H40Cl2N4O12.CH4/c1-63(2)30-10-15-36-45(22-30)75-46-23-31(64(3)4)11-16-37(46)49(36)50-42(59)25-40(52(60)51(50)58(73)74)55(68)62-43-7-5-6-27-20-28(8-13-33(27)43)54(67)61-26-41-44(66)19-18-38-48(35-17-12-32(65)24-47(35)76-53(38)41)34-14-9-29(56(69)70)21-39(34)57(71)72;/h5-25H,26H2,1-4H3,(H5-,61,62,65,66,67,68,69,70,71,72,73,74);1H4/p+1. The number of aromatic hydroxyl groups is 1. The summed E-state index contributed by atoms with van der Waals surface area (Å²) in [5.41, 5.74) is 1.86. The zero-order chi connectivity index (χ0) is 54.0. The first-order chi connectivity index (χ1) is 36.3. The molecule has 6 aromatic rings. The van der Waals surface area contributed by atoms with Gasteiger partial charge in [-0.3, -0.25) is 14.4 Å². The van der Waals surface area contributed by atoms with Crippen molar-refractivity contribution in [3.05, 3.63) is 186 Å². The van der Waals surface area contributed by atoms with Gasteiger partial charge in [-0.15, -0.1) is 0 Å². The number of halogens is 2. The first-order valence-electron chi connectivity index (χ1n) is 23.2. The number of carboxylic acid groups (broad SMARTS) is 3. The summed E-state index contributed by atoms with van der Waals surface area (Å²) in [6.07, 6.45) is 0. The summed E-state index contributed by atoms with van der Waals surface area (Å²) in [6.45, 7) is -0.360. The number of phenolic OH excluding ortho intramolecular Hbond substituents is 1. The molecule has 18 heteroatoms. The molecule has 0 spiro atoms. The molecule has 0 saturated carbocycles. The lowest BCUT2D eigenvalue weighted by Crippen LogP contribution is -2.26. The van der Waals surface area contributed by atoms with Gasteiger partial charge in [0.25, 0.3) is 11.8 Å². The molecule has 2 aliphatic carbocycles. The predicted molar refractivity (Wildman–Crippen MR) is 297 cm³/mol. The lowest BCUT2D eigenvalue weighted by Gasteiger charge is -2.21. The Hall–Kier alpha value is -9.51. The number of amides is 2. The first kappa shape index (κ1) is 52.4. The van der Waals surface area contributed by atoms with E-state index in [-0.39, 0.29) is 91.2 Å². The highest BCUT2D eigenvalue weighted by Gasteiger charge is 2.31. The molecule has 6 aromatic carbocycles. The van der Waals surface area contributed by atoms with Gasteiger partial charge < -0.3 is 44.8 Å². The molecule has 2 aliphatic heterocycles. The Kier molecular flexibility index (Phi) is 13.8. The Labute approximate surface area is 447 Å². The number of hydrogen-bond acceptors (Lipinski definition) is 10. The third-order valence-corrected chi connectivity index (χ3v) is 13.9. The summed E-state index contributed by atoms with van der Waals surface area (Å²) in [4.78, 5) is 81.2. The van der Waals surface area contributed by atoms with Crippen LogP contribution in [-0.4, -0.2) is 78.3 Å². The second kappa shape index (κ2) is 20.3. The van der Waals surface area contributed by atoms with E-state index in [0.29, 0.717) is 49.7 Å². The van der Waals surface area contributed by atoms with Crippen LogP contribution in [0.1, 0.15) is 64.8 Å². The normalized spacial score (nSPS) is 11.2. The highest BCUT2D eigenvalue weighted by atomic mass is 35.5. The molecule has 77 heavy (non-hydrogen) atoms. The van der Waals surface area contributed by atoms with Gasteiger partial charge in [-0.25, -0.2) is 19.0 Å². The number of carbonyl (C=O) groups is 5. The number of fused-ring (bicyclic) bond motifs is 5. The van der Waals surface area contributed by atoms with Gasteiger partial charge in [0.15, 0.2) is 5.43 Å². The largest absolute Gasteiger partial charge is 0.508 e. The molecule has 0 saturated heterocycles. The zero-order valence-corrected chi connectivity index (χ0v) is 42.0. The zero-order valence-electron chi connectivity index (χ0n) is 40.5. The molecule has 0 atom stereocenters. The second-order valence-electron chi connectivity index (χ2n) is 18.2. The van der Waals surface area contributed by atoms with Gasteiger partial charge in [0.1, 0.15) is 42.5 Å². The maximum absolute atomic E-state index is 14.2. The van der Waals surface area contributed by atoms with Crippen LogP contribution >= 0.6 is 23.2 Å². The summed E-state index contributed by atoms with van der Waals surface area (Å²) in [6, 6.07) is 32.5. The lowest BCUT2D eigenvalue weighted by atomic mass is 9.88. The quantitative estimate of drug-likeness (QED) is 0.0522. The first-order valence-corrected chi connectivity index (χ1v) is 23.9. The van der Waals surface area contributed by atoms with Gasteiger partial charge >= 0.3 is 17.9 Å². The number of hydrogen-bond donors (Lipinski definition) is 6. The molecule has 0 fully saturated rings. The van der Waals surface area contributed by atoms with Crippen molar-refractivity contribution in [2.45, 2.75) is 14.0 Å². The average molecular weight is 1070 g/mol. The number of nitrogens with one attached hydrogen (secondary N) is 2. The summed E-state index contributed by atoms with van der Waals surface area (Å²) >= 11 is 14.0. The van der Waals surface area contributed by atoms with E-state index in [4.69, 9.17) is 32.0 Å². The van der Waals surface area contributed by atoms with E-state index >= 15 is 0 Å². The van der Waals surface area contributed by atoms with Crippen molar-refractivity contribution >= 4 is 97.0 Å². The van der Waals surface area contributed by atoms with Crippen molar-refractivity contribution in [2.24, 2.45) is 0 Å². The number of carboxylic acids is 3. The van der Waals surface area contributed by atoms with Crippen LogP contribution in [0.15, 0.2) is 141 Å². The van der Waals surface area contributed by atoms with Crippen LogP contribution in [0.25, 0.3) is 77.6 Å². The maximum atomic E-state index is 14.2. The smallest absolute Gasteiger partial charge is 0.337 e. The molecule has 0 unspecified atom stereocenters. The highest BCUT2D eigenvalue weighted by molar-refractivity contribution is 6.42. The van der Waals surface area contributed by atoms with E-state index in [1.165, 1.54) is 54.6 Å². The average Bonchev–Trinajstić information content (AvgIpc) is 3.43. The minimum Gasteiger partial charge on any atom is -0.508 e. The van der Waals surface area contributed by atoms with Gasteiger partial charge in [-0.2, -0.15) is 0 Å². The van der Waals surface area contributed by atoms with Crippen LogP contribution in [0, 0.1) is 0 Å². The number of rotatable bonds is 11. The molecular weight excluding hydrogens is 1030 g/mol. The number of benzene rings is 8. The Bertz CT molecular complexity index is 4250. The Balaban J connectivity index is 0.00000722. The SMILES string of the molecule is C.CN(C)c1ccc2c(-c3c(Cl)cc(C(=O)Nc4cccc5cc(C(=O)NCc6c7oc8cc(O)ccc8c(-c8ccc(C(=O)O)cc8C(=O)O)c-7ccc6=O)ccc45)c(Cl)c3C(=O)O)c3ccc(=[N+](C)C)cc-3oc2c1. The molecule has 0 aromatic heterocycles. The van der Waals surface area contributed by atoms with Crippen LogP contribution in [0.3, 0.4) is 0 Å². The molecule has 2 heterocycles. The molecule has 6 N–H and O–H groups in total. The minimum absolute atomic E-state index is 0. The summed E-state index contributed by atoms with van der Waals surface area (Å²) in [5, 5.41) is 49.0. The van der Waals surface area contributed by atoms with Gasteiger partial charge in [-0.1, -0.05) is 54.9 Å². The van der Waals surface area contributed by atoms with Crippen molar-refractivity contribution < 1.29 is 53.2 Å². The second-order valence-corrected chi connectivity index (χ2v) is 19.0. The fourth-order valence-electron chi connectivity index (χ4n) is 9.43. The van der Waals surface area contributed by atoms with Crippen LogP contribution < -0.4 is 30.9 Å². The van der Waals surface area contributed by atoms with Gasteiger partial charge in [0, 0.05) is 93.2 Å². The number of nitrogens with zero attached hydrogens (tertiary/aromatic N) is 2. The summed E-state index contributed by atoms with van der Waals surface area (Å²) < 4.78 is 14.5. The van der Waals surface area contributed by atoms with Gasteiger partial charge in [0.2, 0.25) is 5.36 Å². The molecule has 0 bridgehead atoms. The van der Waals surface area contributed by atoms with Gasteiger partial charge in [-0.05, 0) is 89.8 Å². The van der Waals surface area contributed by atoms with Crippen molar-refractivity contribution in [1.82, 2.24) is 9.89 Å². The highest BCUT2D eigenvalue weighted by Crippen LogP contribution is 2.48. The predicted octanol–water partition coefficient (Wildman–Crippen LogP) is 11.3. The molecule has 0 radical (unpaired) electrons. The Morgan fingerprint density at radius 2 is 1.32 bits per heavy atom. The third-order valence-electron chi connectivity index (χ3n) is 13.2. The lowest BCUT2D eigenvalue weighted by molar-refractivity contribution is 0.0682. The monoisotopic (exact) mass is 1070 g/mol. The van der Waals surface area contributed by atoms with E-state index in [1.54, 1.807) is 30.3 Å². The fraction of sp³-hybridized carbons (Fsp3) is 0.102. The topological polar surface area (TPSA) is 240 Å². The minimum atomic E-state index is -1.43. The Morgan fingerprint density at radius 1 is 0.636 bits per heavy atom. The summed E-state index contributed by atoms with van der Waals surface area (Å²) in [7, 11) is 7.54. The molecule has 386 valence electrons. The molecule has 16 nitrogen and oxygen atoms in total. The maximum Gasteiger partial charge on any atom is 0.337 e. The third kappa shape index (κ3) is 9.40. The number of anilines is 2. The van der Waals surface area contributed by atoms with Crippen LogP contribution in [0.4, 0.5) is 11.4 Å². The molecule has 10 rings (SSSR count). The number of carbonyl (C=O) groups excluding carboxylic acids is 2. The van der Waals surface area contributed by atoms with Crippen LogP contribution in [0.2, 0.25) is 10.0 Å². The van der Waals surface area contributed by atoms with Crippen molar-refractivity contribution in [3.63, 3.8) is 0 Å². The van der Waals surface area contributed by atoms with E-state index in [0.717, 1.165) is 17.1 Å². The van der Waals surface area contributed by atoms with E-state index < -0.39 is 40.7 Å². The number of aromatic carboxylic acids is 3. The van der Waals surface area contributed by atoms with Crippen molar-refractivity contribution in [3.8, 4) is 50.7 Å². The fourth-order valence-corrected chi connectivity index (χ4v) is 10.0. The summed E-state index contributed by atoms with van der Waals surface area (Å²) in [5.74, 6) is -5.29. The van der Waals surface area contributed by atoms with Crippen molar-refractivity contribution in [1.29, 1.82) is 0 Å². The number of phenols is 1. The van der Waals surface area contributed by atoms with E-state index in [1.807, 2.05) is 74.1 Å². The van der Waals surface area contributed by atoms with E-state index in [2.05, 4.69) is 10.6 Å². The van der Waals surface area contributed by atoms with Crippen molar-refractivity contribution in [2.75, 3.05) is 38.4 Å². The van der Waals surface area contributed by atoms with Crippen LogP contribution in [-0.2, 0) is 6.54 Å². The van der Waals surface area contributed by atoms with E-state index in [9.17, 15) is 49.2 Å². The Morgan fingerprint density at radius 3 is 2.04 bits per heavy atom.